The highest BCUT2D eigenvalue weighted by Gasteiger charge is 2.83. The molecule has 0 radical (unpaired) electrons. The lowest BCUT2D eigenvalue weighted by Crippen LogP contribution is -2.66. The van der Waals surface area contributed by atoms with Crippen LogP contribution in [0.2, 0.25) is 0 Å². The topological polar surface area (TPSA) is 133 Å². The lowest BCUT2D eigenvalue weighted by atomic mass is 9.51. The first-order valence-corrected chi connectivity index (χ1v) is 13.7. The number of esters is 2. The largest absolute Gasteiger partial charge is 0.462 e. The molecule has 0 aromatic carbocycles. The van der Waals surface area contributed by atoms with E-state index in [1.54, 1.807) is 12.2 Å². The number of carbonyl (C=O) groups is 2. The minimum absolute atomic E-state index is 0.0477. The first-order valence-electron chi connectivity index (χ1n) is 13.7. The Balaban J connectivity index is 1.29. The zero-order chi connectivity index (χ0) is 27.2. The Morgan fingerprint density at radius 1 is 1.00 bits per heavy atom. The molecule has 5 fully saturated rings. The second kappa shape index (κ2) is 8.58. The van der Waals surface area contributed by atoms with Crippen LogP contribution in [0.15, 0.2) is 47.6 Å². The summed E-state index contributed by atoms with van der Waals surface area (Å²) in [6.07, 6.45) is 7.25. The van der Waals surface area contributed by atoms with Gasteiger partial charge in [-0.2, -0.15) is 0 Å². The summed E-state index contributed by atoms with van der Waals surface area (Å²) in [5.41, 5.74) is -1.37. The Labute approximate surface area is 226 Å². The molecular weight excluding hydrogens is 508 g/mol. The number of epoxide rings is 1. The molecule has 0 unspecified atom stereocenters. The van der Waals surface area contributed by atoms with Gasteiger partial charge in [-0.3, -0.25) is 0 Å². The zero-order valence-electron chi connectivity index (χ0n) is 22.0. The van der Waals surface area contributed by atoms with Crippen LogP contribution in [0.25, 0.3) is 0 Å². The second-order valence-electron chi connectivity index (χ2n) is 12.2. The molecule has 2 aliphatic carbocycles. The normalized spacial score (nSPS) is 53.4. The molecule has 10 atom stereocenters. The third kappa shape index (κ3) is 3.42. The van der Waals surface area contributed by atoms with Crippen molar-refractivity contribution in [1.82, 2.24) is 0 Å². The van der Waals surface area contributed by atoms with Crippen molar-refractivity contribution in [2.24, 2.45) is 10.8 Å². The quantitative estimate of drug-likeness (QED) is 0.263. The molecule has 0 amide bonds. The van der Waals surface area contributed by atoms with Crippen LogP contribution in [-0.2, 0) is 38.0 Å². The second-order valence-corrected chi connectivity index (χ2v) is 12.2. The maximum atomic E-state index is 13.2. The maximum absolute atomic E-state index is 13.2. The highest BCUT2D eigenvalue weighted by molar-refractivity contribution is 5.83. The lowest BCUT2D eigenvalue weighted by molar-refractivity contribution is -0.232. The van der Waals surface area contributed by atoms with Gasteiger partial charge in [0.15, 0.2) is 6.29 Å². The molecule has 3 spiro atoms. The van der Waals surface area contributed by atoms with Crippen molar-refractivity contribution >= 4 is 11.9 Å². The predicted molar refractivity (Wildman–Crippen MR) is 133 cm³/mol. The van der Waals surface area contributed by atoms with E-state index >= 15 is 0 Å². The standard InChI is InChI=1S/C29H34O10/c1-16-6-8-27-14-34-23(31)11-17-10-20-28(35-13-17,24(32)25(33)39-20)7-4-3-5-22(30)38-18-12-21(37-19(27)9-16)29(15-36-29)26(18,27)2/h3-5,7,9,11,18-21,24-25,32-33H,6,8,10,12-15H2,1-2H3/b5-3+,7-4+,17-11-/t18-,19-,20+,21-,24+,25-,26-,27-,28-,29+/m1/s1. The SMILES string of the molecule is CC1=C[C@H]2O[C@@H]3C[C@H]4OC(=O)/C=C/C=C/[C@@]56OC/C(=C\C(=O)OC[C@@]2(CC1)[C@]4(C)[C@]31CO1)C[C@@H]5O[C@@H](O)[C@@H]6O. The lowest BCUT2D eigenvalue weighted by Gasteiger charge is -2.58. The van der Waals surface area contributed by atoms with Crippen LogP contribution in [0, 0.1) is 10.8 Å². The number of hydrogen-bond acceptors (Lipinski definition) is 10. The van der Waals surface area contributed by atoms with Crippen molar-refractivity contribution in [3.63, 3.8) is 0 Å². The number of ether oxygens (including phenoxy) is 6. The maximum Gasteiger partial charge on any atom is 0.331 e. The van der Waals surface area contributed by atoms with E-state index in [2.05, 4.69) is 19.9 Å². The molecule has 6 aliphatic heterocycles. The molecule has 0 aromatic heterocycles. The van der Waals surface area contributed by atoms with Gasteiger partial charge in [0, 0.05) is 30.4 Å². The minimum Gasteiger partial charge on any atom is -0.462 e. The van der Waals surface area contributed by atoms with Crippen LogP contribution in [0.5, 0.6) is 0 Å². The van der Waals surface area contributed by atoms with Crippen LogP contribution in [0.3, 0.4) is 0 Å². The van der Waals surface area contributed by atoms with Gasteiger partial charge in [-0.15, -0.1) is 0 Å². The monoisotopic (exact) mass is 542 g/mol. The fourth-order valence-electron chi connectivity index (χ4n) is 8.08. The van der Waals surface area contributed by atoms with E-state index in [0.29, 0.717) is 25.0 Å². The van der Waals surface area contributed by atoms with Crippen molar-refractivity contribution in [2.75, 3.05) is 19.8 Å². The van der Waals surface area contributed by atoms with Gasteiger partial charge in [-0.1, -0.05) is 30.7 Å². The van der Waals surface area contributed by atoms with E-state index < -0.39 is 58.6 Å². The summed E-state index contributed by atoms with van der Waals surface area (Å²) < 4.78 is 36.4. The highest BCUT2D eigenvalue weighted by atomic mass is 16.7. The van der Waals surface area contributed by atoms with Crippen LogP contribution in [-0.4, -0.2) is 90.0 Å². The Kier molecular flexibility index (Phi) is 5.64. The molecule has 10 nitrogen and oxygen atoms in total. The van der Waals surface area contributed by atoms with Gasteiger partial charge >= 0.3 is 11.9 Å². The summed E-state index contributed by atoms with van der Waals surface area (Å²) in [7, 11) is 0. The van der Waals surface area contributed by atoms with Crippen molar-refractivity contribution in [3.8, 4) is 0 Å². The van der Waals surface area contributed by atoms with Gasteiger partial charge < -0.3 is 38.6 Å². The number of aliphatic hydroxyl groups is 2. The summed E-state index contributed by atoms with van der Waals surface area (Å²) >= 11 is 0. The molecule has 1 saturated carbocycles. The summed E-state index contributed by atoms with van der Waals surface area (Å²) in [5.74, 6) is -1.04. The highest BCUT2D eigenvalue weighted by Crippen LogP contribution is 2.72. The van der Waals surface area contributed by atoms with Crippen LogP contribution in [0.4, 0.5) is 0 Å². The smallest absolute Gasteiger partial charge is 0.331 e. The van der Waals surface area contributed by atoms with Gasteiger partial charge in [-0.05, 0) is 31.4 Å². The van der Waals surface area contributed by atoms with Gasteiger partial charge in [0.25, 0.3) is 0 Å². The van der Waals surface area contributed by atoms with E-state index in [0.717, 1.165) is 6.42 Å². The summed E-state index contributed by atoms with van der Waals surface area (Å²) in [6.45, 7) is 4.81. The van der Waals surface area contributed by atoms with Crippen molar-refractivity contribution < 1.29 is 48.2 Å². The molecule has 4 bridgehead atoms. The predicted octanol–water partition coefficient (Wildman–Crippen LogP) is 1.40. The summed E-state index contributed by atoms with van der Waals surface area (Å²) in [6, 6.07) is 0. The van der Waals surface area contributed by atoms with E-state index in [1.807, 2.05) is 0 Å². The van der Waals surface area contributed by atoms with E-state index in [-0.39, 0.29) is 31.8 Å². The van der Waals surface area contributed by atoms with E-state index in [1.165, 1.54) is 23.8 Å². The number of allylic oxidation sites excluding steroid dienone is 3. The molecule has 210 valence electrons. The molecule has 8 rings (SSSR count). The Morgan fingerprint density at radius 2 is 1.82 bits per heavy atom. The molecule has 0 aromatic rings. The van der Waals surface area contributed by atoms with E-state index in [9.17, 15) is 19.8 Å². The minimum atomic E-state index is -1.45. The van der Waals surface area contributed by atoms with Crippen LogP contribution in [0.1, 0.15) is 39.5 Å². The summed E-state index contributed by atoms with van der Waals surface area (Å²) in [4.78, 5) is 26.2. The van der Waals surface area contributed by atoms with Crippen molar-refractivity contribution in [1.29, 1.82) is 0 Å². The molecule has 10 heteroatoms. The average molecular weight is 543 g/mol. The van der Waals surface area contributed by atoms with Crippen molar-refractivity contribution in [3.05, 3.63) is 47.6 Å². The summed E-state index contributed by atoms with van der Waals surface area (Å²) in [5, 5.41) is 20.9. The molecule has 8 aliphatic rings. The Morgan fingerprint density at radius 3 is 2.62 bits per heavy atom. The molecule has 6 heterocycles. The number of aliphatic hydroxyl groups excluding tert-OH is 2. The zero-order valence-corrected chi connectivity index (χ0v) is 22.0. The molecule has 4 saturated heterocycles. The van der Waals surface area contributed by atoms with Crippen LogP contribution < -0.4 is 0 Å². The van der Waals surface area contributed by atoms with Crippen LogP contribution >= 0.6 is 0 Å². The van der Waals surface area contributed by atoms with Gasteiger partial charge in [0.2, 0.25) is 0 Å². The fourth-order valence-corrected chi connectivity index (χ4v) is 8.08. The fraction of sp³-hybridized carbons (Fsp3) is 0.655. The molecule has 39 heavy (non-hydrogen) atoms. The van der Waals surface area contributed by atoms with Gasteiger partial charge in [0.05, 0.1) is 36.9 Å². The van der Waals surface area contributed by atoms with Crippen molar-refractivity contribution in [2.45, 2.75) is 87.5 Å². The number of carbonyl (C=O) groups excluding carboxylic acids is 2. The van der Waals surface area contributed by atoms with E-state index in [4.69, 9.17) is 28.4 Å². The molecule has 2 N–H and O–H groups in total. The Hall–Kier alpha value is -2.34. The first-order chi connectivity index (χ1) is 18.6. The Bertz CT molecular complexity index is 1210. The third-order valence-corrected chi connectivity index (χ3v) is 10.5. The molecular formula is C29H34O10. The number of rotatable bonds is 0. The van der Waals surface area contributed by atoms with Gasteiger partial charge in [-0.25, -0.2) is 9.59 Å². The average Bonchev–Trinajstić information content (AvgIpc) is 3.64. The first kappa shape index (κ1) is 25.6. The van der Waals surface area contributed by atoms with Gasteiger partial charge in [0.1, 0.15) is 30.0 Å². The number of fused-ring (bicyclic) bond motifs is 7. The third-order valence-electron chi connectivity index (χ3n) is 10.5. The number of hydrogen-bond donors (Lipinski definition) is 2.